The maximum absolute atomic E-state index is 12.9. The summed E-state index contributed by atoms with van der Waals surface area (Å²) >= 11 is 0. The van der Waals surface area contributed by atoms with Crippen LogP contribution in [0, 0.1) is 0 Å². The van der Waals surface area contributed by atoms with Gasteiger partial charge in [-0.3, -0.25) is 4.90 Å². The molecule has 5 heterocycles. The van der Waals surface area contributed by atoms with Crippen molar-refractivity contribution in [2.45, 2.75) is 83.1 Å². The molecule has 4 aliphatic heterocycles. The minimum absolute atomic E-state index is 0.155. The molecule has 5 rings (SSSR count). The maximum Gasteiger partial charge on any atom is 0.410 e. The largest absolute Gasteiger partial charge is 0.462 e. The predicted octanol–water partition coefficient (Wildman–Crippen LogP) is 2.18. The molecule has 3 saturated heterocycles. The molecule has 0 radical (unpaired) electrons. The number of likely N-dealkylation sites (N-methyl/N-ethyl adjacent to an activating group) is 1. The molecule has 0 saturated carbocycles. The highest BCUT2D eigenvalue weighted by atomic mass is 16.6. The van der Waals surface area contributed by atoms with Gasteiger partial charge in [0.2, 0.25) is 0 Å². The first kappa shape index (κ1) is 22.7. The summed E-state index contributed by atoms with van der Waals surface area (Å²) in [5.41, 5.74) is 1.79. The van der Waals surface area contributed by atoms with Crippen molar-refractivity contribution in [2.24, 2.45) is 0 Å². The van der Waals surface area contributed by atoms with Gasteiger partial charge in [0.15, 0.2) is 0 Å². The summed E-state index contributed by atoms with van der Waals surface area (Å²) in [7, 11) is 2.16. The highest BCUT2D eigenvalue weighted by Gasteiger charge is 2.45. The number of likely N-dealkylation sites (tertiary alicyclic amines) is 1. The fourth-order valence-electron chi connectivity index (χ4n) is 5.69. The van der Waals surface area contributed by atoms with Gasteiger partial charge in [0.25, 0.3) is 0 Å². The summed E-state index contributed by atoms with van der Waals surface area (Å²) in [4.78, 5) is 29.3. The Kier molecular flexibility index (Phi) is 6.11. The zero-order chi connectivity index (χ0) is 23.2. The number of fused-ring (bicyclic) bond motifs is 3. The Labute approximate surface area is 196 Å². The van der Waals surface area contributed by atoms with Crippen LogP contribution in [-0.4, -0.2) is 89.4 Å². The van der Waals surface area contributed by atoms with Gasteiger partial charge in [-0.1, -0.05) is 0 Å². The summed E-state index contributed by atoms with van der Waals surface area (Å²) < 4.78 is 11.8. The number of piperazine rings is 1. The SMILES string of the molecule is CN1CCC[C@@H]1COc1nc2c(c(N3CC4CCC(C3)N4C(=O)OC(C)(C)C)n1)CCNC2. The van der Waals surface area contributed by atoms with E-state index in [2.05, 4.69) is 22.2 Å². The Bertz CT molecular complexity index is 874. The first-order valence-electron chi connectivity index (χ1n) is 12.5. The van der Waals surface area contributed by atoms with E-state index in [0.29, 0.717) is 18.7 Å². The number of hydrogen-bond acceptors (Lipinski definition) is 8. The molecule has 182 valence electrons. The second kappa shape index (κ2) is 8.91. The van der Waals surface area contributed by atoms with Gasteiger partial charge in [0, 0.05) is 31.2 Å². The average Bonchev–Trinajstić information content (AvgIpc) is 3.29. The minimum Gasteiger partial charge on any atom is -0.462 e. The second-order valence-corrected chi connectivity index (χ2v) is 10.9. The highest BCUT2D eigenvalue weighted by molar-refractivity contribution is 5.70. The summed E-state index contributed by atoms with van der Waals surface area (Å²) in [6, 6.07) is 1.22. The van der Waals surface area contributed by atoms with E-state index in [1.165, 1.54) is 12.0 Å². The van der Waals surface area contributed by atoms with Gasteiger partial charge in [0.1, 0.15) is 18.0 Å². The van der Waals surface area contributed by atoms with Crippen LogP contribution in [0.2, 0.25) is 0 Å². The Balaban J connectivity index is 1.35. The third-order valence-corrected chi connectivity index (χ3v) is 7.36. The number of hydrogen-bond donors (Lipinski definition) is 1. The lowest BCUT2D eigenvalue weighted by atomic mass is 10.1. The predicted molar refractivity (Wildman–Crippen MR) is 126 cm³/mol. The summed E-state index contributed by atoms with van der Waals surface area (Å²) in [6.45, 7) is 10.8. The molecule has 1 N–H and O–H groups in total. The third-order valence-electron chi connectivity index (χ3n) is 7.36. The zero-order valence-corrected chi connectivity index (χ0v) is 20.5. The smallest absolute Gasteiger partial charge is 0.410 e. The molecule has 2 bridgehead atoms. The number of ether oxygens (including phenoxy) is 2. The van der Waals surface area contributed by atoms with Gasteiger partial charge >= 0.3 is 12.1 Å². The third kappa shape index (κ3) is 4.75. The van der Waals surface area contributed by atoms with Gasteiger partial charge in [-0.2, -0.15) is 9.97 Å². The van der Waals surface area contributed by atoms with E-state index in [1.807, 2.05) is 25.7 Å². The highest BCUT2D eigenvalue weighted by Crippen LogP contribution is 2.36. The molecule has 3 atom stereocenters. The van der Waals surface area contributed by atoms with Gasteiger partial charge in [0.05, 0.1) is 17.8 Å². The van der Waals surface area contributed by atoms with Crippen LogP contribution in [0.1, 0.15) is 57.7 Å². The van der Waals surface area contributed by atoms with Gasteiger partial charge in [-0.25, -0.2) is 4.79 Å². The van der Waals surface area contributed by atoms with Crippen molar-refractivity contribution >= 4 is 11.9 Å². The Morgan fingerprint density at radius 1 is 1.15 bits per heavy atom. The molecule has 3 fully saturated rings. The van der Waals surface area contributed by atoms with Crippen LogP contribution >= 0.6 is 0 Å². The van der Waals surface area contributed by atoms with E-state index in [-0.39, 0.29) is 18.2 Å². The van der Waals surface area contributed by atoms with Crippen LogP contribution in [0.4, 0.5) is 10.6 Å². The minimum atomic E-state index is -0.480. The zero-order valence-electron chi connectivity index (χ0n) is 20.5. The van der Waals surface area contributed by atoms with Crippen LogP contribution in [-0.2, 0) is 17.7 Å². The molecule has 1 aromatic heterocycles. The van der Waals surface area contributed by atoms with Crippen molar-refractivity contribution in [2.75, 3.05) is 44.7 Å². The Morgan fingerprint density at radius 2 is 1.91 bits per heavy atom. The van der Waals surface area contributed by atoms with Gasteiger partial charge < -0.3 is 24.6 Å². The molecular weight excluding hydrogens is 420 g/mol. The average molecular weight is 459 g/mol. The molecule has 33 heavy (non-hydrogen) atoms. The van der Waals surface area contributed by atoms with Crippen molar-refractivity contribution in [3.8, 4) is 6.01 Å². The number of rotatable bonds is 4. The van der Waals surface area contributed by atoms with Crippen LogP contribution in [0.5, 0.6) is 6.01 Å². The number of carbonyl (C=O) groups is 1. The van der Waals surface area contributed by atoms with Crippen molar-refractivity contribution in [1.29, 1.82) is 0 Å². The number of nitrogens with zero attached hydrogens (tertiary/aromatic N) is 5. The van der Waals surface area contributed by atoms with Gasteiger partial charge in [-0.15, -0.1) is 0 Å². The topological polar surface area (TPSA) is 83.1 Å². The number of amides is 1. The van der Waals surface area contributed by atoms with E-state index in [1.54, 1.807) is 0 Å². The molecule has 0 aliphatic carbocycles. The number of anilines is 1. The first-order chi connectivity index (χ1) is 15.8. The van der Waals surface area contributed by atoms with Gasteiger partial charge in [-0.05, 0) is 73.0 Å². The van der Waals surface area contributed by atoms with Crippen molar-refractivity contribution < 1.29 is 14.3 Å². The van der Waals surface area contributed by atoms with E-state index in [4.69, 9.17) is 19.4 Å². The van der Waals surface area contributed by atoms with Crippen molar-refractivity contribution in [3.05, 3.63) is 11.3 Å². The number of nitrogens with one attached hydrogen (secondary N) is 1. The summed E-state index contributed by atoms with van der Waals surface area (Å²) in [5, 5.41) is 3.43. The molecular formula is C24H38N6O3. The van der Waals surface area contributed by atoms with E-state index in [0.717, 1.165) is 69.9 Å². The second-order valence-electron chi connectivity index (χ2n) is 10.9. The molecule has 1 aromatic rings. The first-order valence-corrected chi connectivity index (χ1v) is 12.5. The molecule has 9 heteroatoms. The van der Waals surface area contributed by atoms with Crippen LogP contribution in [0.15, 0.2) is 0 Å². The fraction of sp³-hybridized carbons (Fsp3) is 0.792. The molecule has 0 spiro atoms. The molecule has 2 unspecified atom stereocenters. The van der Waals surface area contributed by atoms with E-state index < -0.39 is 5.60 Å². The molecule has 1 amide bonds. The Hall–Kier alpha value is -2.13. The molecule has 0 aromatic carbocycles. The normalized spacial score (nSPS) is 27.6. The lowest BCUT2D eigenvalue weighted by Gasteiger charge is -2.42. The van der Waals surface area contributed by atoms with Crippen LogP contribution in [0.3, 0.4) is 0 Å². The lowest BCUT2D eigenvalue weighted by Crippen LogP contribution is -2.57. The fourth-order valence-corrected chi connectivity index (χ4v) is 5.69. The summed E-state index contributed by atoms with van der Waals surface area (Å²) in [5.74, 6) is 0.997. The van der Waals surface area contributed by atoms with Crippen LogP contribution < -0.4 is 15.0 Å². The molecule has 4 aliphatic rings. The maximum atomic E-state index is 12.9. The van der Waals surface area contributed by atoms with E-state index >= 15 is 0 Å². The Morgan fingerprint density at radius 3 is 2.58 bits per heavy atom. The summed E-state index contributed by atoms with van der Waals surface area (Å²) in [6.07, 6.45) is 5.12. The van der Waals surface area contributed by atoms with Crippen molar-refractivity contribution in [3.63, 3.8) is 0 Å². The quantitative estimate of drug-likeness (QED) is 0.735. The standard InChI is InChI=1S/C24H38N6O3/c1-24(2,3)33-23(31)30-16-7-8-17(30)14-29(13-16)21-19-9-10-25-12-20(19)26-22(27-21)32-15-18-6-5-11-28(18)4/h16-18,25H,5-15H2,1-4H3/t16?,17?,18-/m1/s1. The number of carbonyl (C=O) groups excluding carboxylic acids is 1. The number of aromatic nitrogens is 2. The lowest BCUT2D eigenvalue weighted by molar-refractivity contribution is 0.0122. The monoisotopic (exact) mass is 458 g/mol. The van der Waals surface area contributed by atoms with Crippen LogP contribution in [0.25, 0.3) is 0 Å². The molecule has 9 nitrogen and oxygen atoms in total. The van der Waals surface area contributed by atoms with E-state index in [9.17, 15) is 4.79 Å². The van der Waals surface area contributed by atoms with Crippen molar-refractivity contribution in [1.82, 2.24) is 25.1 Å².